The highest BCUT2D eigenvalue weighted by molar-refractivity contribution is 14.1. The minimum absolute atomic E-state index is 0.185. The molecule has 0 radical (unpaired) electrons. The van der Waals surface area contributed by atoms with Crippen LogP contribution < -0.4 is 5.32 Å². The van der Waals surface area contributed by atoms with E-state index in [0.29, 0.717) is 19.2 Å². The van der Waals surface area contributed by atoms with Crippen molar-refractivity contribution < 1.29 is 9.90 Å². The molecule has 1 aromatic carbocycles. The predicted molar refractivity (Wildman–Crippen MR) is 84.9 cm³/mol. The average molecular weight is 414 g/mol. The summed E-state index contributed by atoms with van der Waals surface area (Å²) in [6, 6.07) is 3.02. The van der Waals surface area contributed by atoms with Crippen LogP contribution in [0.1, 0.15) is 36.0 Å². The van der Waals surface area contributed by atoms with Crippen molar-refractivity contribution >= 4 is 51.7 Å². The SMILES string of the molecule is O=C(N[C@@H]1CCCC[C@H]1O)c1cc(Cl)cc(Cl)c1I. The molecule has 2 atom stereocenters. The van der Waals surface area contributed by atoms with Crippen LogP contribution in [0.4, 0.5) is 0 Å². The number of carbonyl (C=O) groups is 1. The van der Waals surface area contributed by atoms with E-state index in [2.05, 4.69) is 5.32 Å². The van der Waals surface area contributed by atoms with Crippen molar-refractivity contribution in [1.82, 2.24) is 5.32 Å². The summed E-state index contributed by atoms with van der Waals surface area (Å²) in [6.45, 7) is 0. The van der Waals surface area contributed by atoms with Gasteiger partial charge >= 0.3 is 0 Å². The van der Waals surface area contributed by atoms with Crippen molar-refractivity contribution in [2.45, 2.75) is 37.8 Å². The quantitative estimate of drug-likeness (QED) is 0.574. The maximum absolute atomic E-state index is 12.2. The first-order chi connectivity index (χ1) is 8.99. The molecule has 1 saturated carbocycles. The van der Waals surface area contributed by atoms with Gasteiger partial charge in [-0.15, -0.1) is 0 Å². The van der Waals surface area contributed by atoms with Crippen molar-refractivity contribution in [3.05, 3.63) is 31.3 Å². The van der Waals surface area contributed by atoms with Gasteiger partial charge in [-0.2, -0.15) is 0 Å². The number of hydrogen-bond acceptors (Lipinski definition) is 2. The average Bonchev–Trinajstić information content (AvgIpc) is 2.36. The van der Waals surface area contributed by atoms with Gasteiger partial charge in [-0.25, -0.2) is 0 Å². The molecule has 0 bridgehead atoms. The summed E-state index contributed by atoms with van der Waals surface area (Å²) in [7, 11) is 0. The van der Waals surface area contributed by atoms with Crippen LogP contribution >= 0.6 is 45.8 Å². The minimum Gasteiger partial charge on any atom is -0.391 e. The standard InChI is InChI=1S/C13H14Cl2INO2/c14-7-5-8(12(16)9(15)6-7)13(19)17-10-3-1-2-4-11(10)18/h5-6,10-11,18H,1-4H2,(H,17,19)/t10-,11-/m1/s1. The lowest BCUT2D eigenvalue weighted by atomic mass is 9.92. The van der Waals surface area contributed by atoms with E-state index in [4.69, 9.17) is 23.2 Å². The van der Waals surface area contributed by atoms with E-state index in [1.54, 1.807) is 12.1 Å². The van der Waals surface area contributed by atoms with Gasteiger partial charge in [-0.1, -0.05) is 36.0 Å². The summed E-state index contributed by atoms with van der Waals surface area (Å²) in [5.41, 5.74) is 0.455. The summed E-state index contributed by atoms with van der Waals surface area (Å²) in [5.74, 6) is -0.236. The van der Waals surface area contributed by atoms with Crippen LogP contribution in [0.5, 0.6) is 0 Å². The first-order valence-corrected chi connectivity index (χ1v) is 7.96. The zero-order valence-electron chi connectivity index (χ0n) is 10.1. The molecule has 6 heteroatoms. The largest absolute Gasteiger partial charge is 0.391 e. The van der Waals surface area contributed by atoms with Crippen LogP contribution in [0.3, 0.4) is 0 Å². The first-order valence-electron chi connectivity index (χ1n) is 6.12. The van der Waals surface area contributed by atoms with Crippen LogP contribution in [0.25, 0.3) is 0 Å². The Labute approximate surface area is 135 Å². The van der Waals surface area contributed by atoms with Crippen molar-refractivity contribution in [3.63, 3.8) is 0 Å². The molecule has 0 spiro atoms. The third kappa shape index (κ3) is 3.74. The smallest absolute Gasteiger partial charge is 0.252 e. The number of hydrogen-bond donors (Lipinski definition) is 2. The lowest BCUT2D eigenvalue weighted by Crippen LogP contribution is -2.45. The Balaban J connectivity index is 2.15. The molecule has 1 aromatic rings. The Morgan fingerprint density at radius 3 is 2.68 bits per heavy atom. The lowest BCUT2D eigenvalue weighted by Gasteiger charge is -2.28. The number of rotatable bonds is 2. The fourth-order valence-corrected chi connectivity index (χ4v) is 3.30. The first kappa shape index (κ1) is 15.4. The molecule has 1 aliphatic rings. The predicted octanol–water partition coefficient (Wildman–Crippen LogP) is 3.63. The molecule has 0 aliphatic heterocycles. The van der Waals surface area contributed by atoms with Gasteiger partial charge in [-0.3, -0.25) is 4.79 Å². The highest BCUT2D eigenvalue weighted by Crippen LogP contribution is 2.27. The maximum atomic E-state index is 12.2. The van der Waals surface area contributed by atoms with Gasteiger partial charge in [0.15, 0.2) is 0 Å². The molecular formula is C13H14Cl2INO2. The number of amides is 1. The molecule has 0 unspecified atom stereocenters. The van der Waals surface area contributed by atoms with Crippen molar-refractivity contribution in [3.8, 4) is 0 Å². The normalized spacial score (nSPS) is 23.2. The Bertz CT molecular complexity index is 496. The van der Waals surface area contributed by atoms with Crippen LogP contribution in [-0.2, 0) is 0 Å². The number of carbonyl (C=O) groups excluding carboxylic acids is 1. The summed E-state index contributed by atoms with van der Waals surface area (Å²) in [6.07, 6.45) is 3.10. The lowest BCUT2D eigenvalue weighted by molar-refractivity contribution is 0.0716. The summed E-state index contributed by atoms with van der Waals surface area (Å²) >= 11 is 14.0. The molecule has 3 nitrogen and oxygen atoms in total. The van der Waals surface area contributed by atoms with E-state index < -0.39 is 6.10 Å². The van der Waals surface area contributed by atoms with Gasteiger partial charge in [0, 0.05) is 8.59 Å². The second-order valence-corrected chi connectivity index (χ2v) is 6.60. The van der Waals surface area contributed by atoms with Gasteiger partial charge in [0.2, 0.25) is 0 Å². The topological polar surface area (TPSA) is 49.3 Å². The molecule has 1 fully saturated rings. The van der Waals surface area contributed by atoms with Gasteiger partial charge in [-0.05, 0) is 47.6 Å². The van der Waals surface area contributed by atoms with Gasteiger partial charge in [0.25, 0.3) is 5.91 Å². The second kappa shape index (κ2) is 6.61. The van der Waals surface area contributed by atoms with E-state index >= 15 is 0 Å². The van der Waals surface area contributed by atoms with E-state index in [0.717, 1.165) is 25.7 Å². The summed E-state index contributed by atoms with van der Waals surface area (Å²) < 4.78 is 0.673. The van der Waals surface area contributed by atoms with E-state index in [-0.39, 0.29) is 11.9 Å². The molecule has 104 valence electrons. The Morgan fingerprint density at radius 2 is 2.00 bits per heavy atom. The Kier molecular flexibility index (Phi) is 5.34. The fraction of sp³-hybridized carbons (Fsp3) is 0.462. The summed E-state index contributed by atoms with van der Waals surface area (Å²) in [5, 5.41) is 13.6. The molecule has 0 saturated heterocycles. The Morgan fingerprint density at radius 1 is 1.32 bits per heavy atom. The Hall–Kier alpha value is -0.0400. The van der Waals surface area contributed by atoms with Crippen LogP contribution in [0.2, 0.25) is 10.0 Å². The van der Waals surface area contributed by atoms with E-state index in [1.807, 2.05) is 22.6 Å². The number of halogens is 3. The highest BCUT2D eigenvalue weighted by atomic mass is 127. The molecule has 0 aromatic heterocycles. The molecule has 0 heterocycles. The van der Waals surface area contributed by atoms with Crippen molar-refractivity contribution in [2.75, 3.05) is 0 Å². The van der Waals surface area contributed by atoms with Gasteiger partial charge < -0.3 is 10.4 Å². The molecule has 1 amide bonds. The van der Waals surface area contributed by atoms with Gasteiger partial charge in [0.1, 0.15) is 0 Å². The van der Waals surface area contributed by atoms with Gasteiger partial charge in [0.05, 0.1) is 22.7 Å². The number of nitrogens with one attached hydrogen (secondary N) is 1. The van der Waals surface area contributed by atoms with Crippen LogP contribution in [0.15, 0.2) is 12.1 Å². The second-order valence-electron chi connectivity index (χ2n) is 4.68. The van der Waals surface area contributed by atoms with Crippen LogP contribution in [0, 0.1) is 3.57 Å². The highest BCUT2D eigenvalue weighted by Gasteiger charge is 2.25. The molecular weight excluding hydrogens is 400 g/mol. The number of aliphatic hydroxyl groups is 1. The zero-order chi connectivity index (χ0) is 14.0. The zero-order valence-corrected chi connectivity index (χ0v) is 13.8. The number of aliphatic hydroxyl groups excluding tert-OH is 1. The van der Waals surface area contributed by atoms with E-state index in [1.165, 1.54) is 0 Å². The summed E-state index contributed by atoms with van der Waals surface area (Å²) in [4.78, 5) is 12.2. The molecule has 2 rings (SSSR count). The van der Waals surface area contributed by atoms with Crippen molar-refractivity contribution in [2.24, 2.45) is 0 Å². The fourth-order valence-electron chi connectivity index (χ4n) is 2.25. The minimum atomic E-state index is -0.468. The van der Waals surface area contributed by atoms with E-state index in [9.17, 15) is 9.90 Å². The maximum Gasteiger partial charge on any atom is 0.252 e. The molecule has 2 N–H and O–H groups in total. The third-order valence-corrected chi connectivity index (χ3v) is 5.28. The van der Waals surface area contributed by atoms with Crippen LogP contribution in [-0.4, -0.2) is 23.2 Å². The molecule has 1 aliphatic carbocycles. The monoisotopic (exact) mass is 413 g/mol. The molecule has 19 heavy (non-hydrogen) atoms. The third-order valence-electron chi connectivity index (χ3n) is 3.28. The number of benzene rings is 1. The van der Waals surface area contributed by atoms with Crippen molar-refractivity contribution in [1.29, 1.82) is 0 Å².